The van der Waals surface area contributed by atoms with E-state index in [1.807, 2.05) is 6.07 Å². The van der Waals surface area contributed by atoms with Gasteiger partial charge in [0.25, 0.3) is 0 Å². The van der Waals surface area contributed by atoms with Crippen LogP contribution >= 0.6 is 11.3 Å². The van der Waals surface area contributed by atoms with Gasteiger partial charge in [-0.15, -0.1) is 11.3 Å². The summed E-state index contributed by atoms with van der Waals surface area (Å²) in [5.41, 5.74) is 5.85. The molecule has 1 aliphatic carbocycles. The van der Waals surface area contributed by atoms with Gasteiger partial charge in [0.2, 0.25) is 11.6 Å². The summed E-state index contributed by atoms with van der Waals surface area (Å²) < 4.78 is 22.3. The Morgan fingerprint density at radius 3 is 2.77 bits per heavy atom. The molecule has 3 heterocycles. The fourth-order valence-electron chi connectivity index (χ4n) is 4.78. The van der Waals surface area contributed by atoms with Gasteiger partial charge in [-0.05, 0) is 42.1 Å². The van der Waals surface area contributed by atoms with E-state index in [0.717, 1.165) is 17.4 Å². The molecule has 0 radical (unpaired) electrons. The highest BCUT2D eigenvalue weighted by atomic mass is 32.1. The number of ether oxygens (including phenoxy) is 3. The molecule has 2 aliphatic rings. The van der Waals surface area contributed by atoms with Gasteiger partial charge in [-0.25, -0.2) is 4.79 Å². The Balaban J connectivity index is 1.64. The van der Waals surface area contributed by atoms with Gasteiger partial charge in [0.15, 0.2) is 11.5 Å². The van der Waals surface area contributed by atoms with Crippen molar-refractivity contribution in [1.82, 2.24) is 0 Å². The van der Waals surface area contributed by atoms with E-state index < -0.39 is 22.5 Å². The van der Waals surface area contributed by atoms with E-state index in [-0.39, 0.29) is 75.9 Å². The van der Waals surface area contributed by atoms with Crippen LogP contribution in [0.2, 0.25) is 0 Å². The number of nitrogens with two attached hydrogens (primary N) is 1. The van der Waals surface area contributed by atoms with E-state index in [9.17, 15) is 25.0 Å². The van der Waals surface area contributed by atoms with E-state index in [1.54, 1.807) is 30.5 Å². The van der Waals surface area contributed by atoms with Gasteiger partial charge in [-0.2, -0.15) is 5.26 Å². The lowest BCUT2D eigenvalue weighted by atomic mass is 9.74. The molecule has 2 aromatic heterocycles. The summed E-state index contributed by atoms with van der Waals surface area (Å²) in [4.78, 5) is 37.8. The molecule has 0 bridgehead atoms. The van der Waals surface area contributed by atoms with Crippen LogP contribution in [-0.2, 0) is 9.53 Å². The summed E-state index contributed by atoms with van der Waals surface area (Å²) in [6.07, 6.45) is 1.88. The zero-order valence-corrected chi connectivity index (χ0v) is 21.4. The van der Waals surface area contributed by atoms with E-state index in [0.29, 0.717) is 5.76 Å². The first-order valence-corrected chi connectivity index (χ1v) is 12.8. The maximum Gasteiger partial charge on any atom is 0.354 e. The summed E-state index contributed by atoms with van der Waals surface area (Å²) in [6.45, 7) is 1.76. The SMILES string of the molecule is CCOc1cc([C@@H]2C(C#N)=C(N)OC3=C2C(=O)C[C@@H](c2ccco2)C3)cc([N+](=O)[O-])c1OC(=O)c1cccs1. The van der Waals surface area contributed by atoms with Crippen molar-refractivity contribution in [1.29, 1.82) is 5.26 Å². The minimum Gasteiger partial charge on any atom is -0.490 e. The van der Waals surface area contributed by atoms with Crippen molar-refractivity contribution in [2.24, 2.45) is 5.73 Å². The van der Waals surface area contributed by atoms with Crippen LogP contribution in [0.15, 0.2) is 75.2 Å². The van der Waals surface area contributed by atoms with Crippen molar-refractivity contribution in [3.8, 4) is 17.6 Å². The standard InChI is InChI=1S/C27H21N3O8S/c1-2-35-21-12-15(9-17(30(33)34)25(21)38-27(32)22-6-4-8-39-22)23-16(13-28)26(29)37-20-11-14(10-18(31)24(20)23)19-5-3-7-36-19/h3-9,12,14,23H,2,10-11,29H2,1H3/t14-,23-/m1/s1. The van der Waals surface area contributed by atoms with Crippen molar-refractivity contribution >= 4 is 28.8 Å². The second kappa shape index (κ2) is 10.5. The van der Waals surface area contributed by atoms with Gasteiger partial charge in [0.05, 0.1) is 23.7 Å². The third kappa shape index (κ3) is 4.75. The van der Waals surface area contributed by atoms with E-state index in [1.165, 1.54) is 18.4 Å². The number of nitro benzene ring substituents is 1. The lowest BCUT2D eigenvalue weighted by molar-refractivity contribution is -0.385. The van der Waals surface area contributed by atoms with Gasteiger partial charge in [0, 0.05) is 30.4 Å². The van der Waals surface area contributed by atoms with Crippen LogP contribution in [0, 0.1) is 21.4 Å². The second-order valence-corrected chi connectivity index (χ2v) is 9.68. The van der Waals surface area contributed by atoms with Crippen LogP contribution in [0.1, 0.15) is 52.6 Å². The van der Waals surface area contributed by atoms with Gasteiger partial charge in [0.1, 0.15) is 28.0 Å². The fourth-order valence-corrected chi connectivity index (χ4v) is 5.38. The van der Waals surface area contributed by atoms with Crippen molar-refractivity contribution < 1.29 is 33.1 Å². The maximum atomic E-state index is 13.5. The number of Topliss-reactive ketones (excluding diaryl/α,β-unsaturated/α-hetero) is 1. The Kier molecular flexibility index (Phi) is 6.91. The number of thiophene rings is 1. The lowest BCUT2D eigenvalue weighted by Crippen LogP contribution is -2.29. The summed E-state index contributed by atoms with van der Waals surface area (Å²) in [7, 11) is 0. The van der Waals surface area contributed by atoms with Crippen LogP contribution in [0.5, 0.6) is 11.5 Å². The number of allylic oxidation sites excluding steroid dienone is 3. The molecule has 198 valence electrons. The molecule has 0 spiro atoms. The lowest BCUT2D eigenvalue weighted by Gasteiger charge is -2.33. The first kappa shape index (κ1) is 25.7. The summed E-state index contributed by atoms with van der Waals surface area (Å²) in [6, 6.07) is 11.2. The van der Waals surface area contributed by atoms with Crippen LogP contribution in [-0.4, -0.2) is 23.3 Å². The Morgan fingerprint density at radius 2 is 2.13 bits per heavy atom. The number of rotatable bonds is 7. The monoisotopic (exact) mass is 547 g/mol. The maximum absolute atomic E-state index is 13.5. The third-order valence-corrected chi connectivity index (χ3v) is 7.26. The number of ketones is 1. The molecular formula is C27H21N3O8S. The van der Waals surface area contributed by atoms with Gasteiger partial charge < -0.3 is 24.4 Å². The minimum atomic E-state index is -1.05. The quantitative estimate of drug-likeness (QED) is 0.182. The Hall–Kier alpha value is -4.89. The van der Waals surface area contributed by atoms with Crippen LogP contribution in [0.25, 0.3) is 0 Å². The highest BCUT2D eigenvalue weighted by molar-refractivity contribution is 7.12. The molecule has 39 heavy (non-hydrogen) atoms. The molecule has 5 rings (SSSR count). The van der Waals surface area contributed by atoms with E-state index in [4.69, 9.17) is 24.4 Å². The average Bonchev–Trinajstić information content (AvgIpc) is 3.63. The largest absolute Gasteiger partial charge is 0.490 e. The Bertz CT molecular complexity index is 1560. The molecule has 1 aliphatic heterocycles. The van der Waals surface area contributed by atoms with Crippen molar-refractivity contribution in [3.63, 3.8) is 0 Å². The molecule has 2 atom stereocenters. The Morgan fingerprint density at radius 1 is 1.31 bits per heavy atom. The Labute approximate surface area is 225 Å². The van der Waals surface area contributed by atoms with Crippen molar-refractivity contribution in [2.45, 2.75) is 31.6 Å². The number of benzene rings is 1. The number of esters is 1. The zero-order valence-electron chi connectivity index (χ0n) is 20.5. The van der Waals surface area contributed by atoms with Crippen LogP contribution in [0.3, 0.4) is 0 Å². The average molecular weight is 548 g/mol. The molecule has 0 saturated heterocycles. The number of hydrogen-bond acceptors (Lipinski definition) is 11. The smallest absolute Gasteiger partial charge is 0.354 e. The number of hydrogen-bond donors (Lipinski definition) is 1. The fraction of sp³-hybridized carbons (Fsp3) is 0.222. The molecule has 1 aromatic carbocycles. The van der Waals surface area contributed by atoms with E-state index >= 15 is 0 Å². The summed E-state index contributed by atoms with van der Waals surface area (Å²) in [5.74, 6) is -2.25. The highest BCUT2D eigenvalue weighted by Gasteiger charge is 2.42. The number of furan rings is 1. The first-order valence-electron chi connectivity index (χ1n) is 11.9. The number of carbonyl (C=O) groups excluding carboxylic acids is 2. The van der Waals surface area contributed by atoms with Gasteiger partial charge in [-0.1, -0.05) is 6.07 Å². The molecule has 3 aromatic rings. The third-order valence-electron chi connectivity index (χ3n) is 6.41. The molecule has 12 heteroatoms. The molecule has 2 N–H and O–H groups in total. The first-order chi connectivity index (χ1) is 18.8. The van der Waals surface area contributed by atoms with Crippen molar-refractivity contribution in [3.05, 3.63) is 97.1 Å². The summed E-state index contributed by atoms with van der Waals surface area (Å²) in [5, 5.41) is 23.8. The second-order valence-electron chi connectivity index (χ2n) is 8.73. The molecule has 0 fully saturated rings. The van der Waals surface area contributed by atoms with E-state index in [2.05, 4.69) is 0 Å². The zero-order chi connectivity index (χ0) is 27.7. The normalized spacial score (nSPS) is 18.7. The predicted octanol–water partition coefficient (Wildman–Crippen LogP) is 5.08. The van der Waals surface area contributed by atoms with Crippen LogP contribution in [0.4, 0.5) is 5.69 Å². The molecule has 0 saturated carbocycles. The molecule has 0 unspecified atom stereocenters. The van der Waals surface area contributed by atoms with Crippen LogP contribution < -0.4 is 15.2 Å². The number of nitro groups is 1. The van der Waals surface area contributed by atoms with Gasteiger partial charge in [-0.3, -0.25) is 14.9 Å². The predicted molar refractivity (Wildman–Crippen MR) is 137 cm³/mol. The molecular weight excluding hydrogens is 526 g/mol. The molecule has 11 nitrogen and oxygen atoms in total. The molecule has 0 amide bonds. The number of nitriles is 1. The topological polar surface area (TPSA) is 168 Å². The highest BCUT2D eigenvalue weighted by Crippen LogP contribution is 2.49. The summed E-state index contributed by atoms with van der Waals surface area (Å²) >= 11 is 1.12. The van der Waals surface area contributed by atoms with Crippen molar-refractivity contribution in [2.75, 3.05) is 6.61 Å². The number of carbonyl (C=O) groups is 2. The van der Waals surface area contributed by atoms with Gasteiger partial charge >= 0.3 is 11.7 Å². The number of nitrogens with zero attached hydrogens (tertiary/aromatic N) is 2. The minimum absolute atomic E-state index is 0.0707.